The van der Waals surface area contributed by atoms with Crippen molar-refractivity contribution in [3.8, 4) is 17.2 Å². The van der Waals surface area contributed by atoms with Gasteiger partial charge in [0.15, 0.2) is 0 Å². The number of halogens is 2. The van der Waals surface area contributed by atoms with E-state index in [0.717, 1.165) is 11.1 Å². The SMILES string of the molecule is Clc1cccc(Cl)c1COc1ccc(-c2nnco2)cc1. The van der Waals surface area contributed by atoms with Crippen molar-refractivity contribution >= 4 is 23.2 Å². The van der Waals surface area contributed by atoms with Crippen molar-refractivity contribution in [1.82, 2.24) is 10.2 Å². The standard InChI is InChI=1S/C15H10Cl2N2O2/c16-13-2-1-3-14(17)12(13)8-20-11-6-4-10(5-7-11)15-19-18-9-21-15/h1-7,9H,8H2. The van der Waals surface area contributed by atoms with Crippen molar-refractivity contribution in [3.63, 3.8) is 0 Å². The van der Waals surface area contributed by atoms with Gasteiger partial charge in [-0.3, -0.25) is 0 Å². The van der Waals surface area contributed by atoms with Crippen LogP contribution in [0.5, 0.6) is 5.75 Å². The van der Waals surface area contributed by atoms with Crippen molar-refractivity contribution in [2.24, 2.45) is 0 Å². The van der Waals surface area contributed by atoms with Crippen LogP contribution in [0.15, 0.2) is 53.3 Å². The Morgan fingerprint density at radius 1 is 1.00 bits per heavy atom. The molecule has 0 saturated carbocycles. The smallest absolute Gasteiger partial charge is 0.247 e. The highest BCUT2D eigenvalue weighted by Crippen LogP contribution is 2.26. The van der Waals surface area contributed by atoms with E-state index in [9.17, 15) is 0 Å². The maximum absolute atomic E-state index is 6.10. The van der Waals surface area contributed by atoms with E-state index in [-0.39, 0.29) is 0 Å². The zero-order valence-electron chi connectivity index (χ0n) is 10.8. The normalized spacial score (nSPS) is 10.6. The number of aromatic nitrogens is 2. The van der Waals surface area contributed by atoms with Gasteiger partial charge in [-0.1, -0.05) is 29.3 Å². The third-order valence-electron chi connectivity index (χ3n) is 2.91. The van der Waals surface area contributed by atoms with Gasteiger partial charge < -0.3 is 9.15 Å². The molecular formula is C15H10Cl2N2O2. The first-order valence-corrected chi connectivity index (χ1v) is 6.92. The van der Waals surface area contributed by atoms with E-state index >= 15 is 0 Å². The minimum atomic E-state index is 0.304. The van der Waals surface area contributed by atoms with Gasteiger partial charge in [0, 0.05) is 21.2 Å². The van der Waals surface area contributed by atoms with Crippen LogP contribution in [0.2, 0.25) is 10.0 Å². The topological polar surface area (TPSA) is 48.2 Å². The minimum Gasteiger partial charge on any atom is -0.489 e. The second-order valence-corrected chi connectivity index (χ2v) is 5.07. The van der Waals surface area contributed by atoms with E-state index in [1.54, 1.807) is 18.2 Å². The largest absolute Gasteiger partial charge is 0.489 e. The van der Waals surface area contributed by atoms with Crippen molar-refractivity contribution in [2.45, 2.75) is 6.61 Å². The van der Waals surface area contributed by atoms with E-state index in [0.29, 0.717) is 28.3 Å². The summed E-state index contributed by atoms with van der Waals surface area (Å²) in [6.45, 7) is 0.304. The van der Waals surface area contributed by atoms with Crippen LogP contribution in [0.3, 0.4) is 0 Å². The highest BCUT2D eigenvalue weighted by Gasteiger charge is 2.07. The zero-order valence-corrected chi connectivity index (χ0v) is 12.3. The van der Waals surface area contributed by atoms with Gasteiger partial charge in [0.1, 0.15) is 12.4 Å². The zero-order chi connectivity index (χ0) is 14.7. The Morgan fingerprint density at radius 3 is 2.33 bits per heavy atom. The molecule has 0 aliphatic carbocycles. The Kier molecular flexibility index (Phi) is 4.08. The molecule has 0 spiro atoms. The summed E-state index contributed by atoms with van der Waals surface area (Å²) >= 11 is 12.2. The van der Waals surface area contributed by atoms with Gasteiger partial charge in [0.05, 0.1) is 0 Å². The molecule has 3 aromatic rings. The van der Waals surface area contributed by atoms with E-state index in [4.69, 9.17) is 32.4 Å². The first-order valence-electron chi connectivity index (χ1n) is 6.16. The second kappa shape index (κ2) is 6.16. The first kappa shape index (κ1) is 13.9. The predicted octanol–water partition coefficient (Wildman–Crippen LogP) is 4.62. The maximum Gasteiger partial charge on any atom is 0.247 e. The Morgan fingerprint density at radius 2 is 1.71 bits per heavy atom. The molecule has 0 bridgehead atoms. The summed E-state index contributed by atoms with van der Waals surface area (Å²) in [6.07, 6.45) is 1.29. The molecule has 3 rings (SSSR count). The number of ether oxygens (including phenoxy) is 1. The number of rotatable bonds is 4. The number of hydrogen-bond acceptors (Lipinski definition) is 4. The first-order chi connectivity index (χ1) is 10.2. The van der Waals surface area contributed by atoms with Crippen molar-refractivity contribution < 1.29 is 9.15 Å². The second-order valence-electron chi connectivity index (χ2n) is 4.26. The van der Waals surface area contributed by atoms with Crippen LogP contribution < -0.4 is 4.74 Å². The lowest BCUT2D eigenvalue weighted by Crippen LogP contribution is -1.97. The van der Waals surface area contributed by atoms with Crippen LogP contribution in [0.1, 0.15) is 5.56 Å². The van der Waals surface area contributed by atoms with Crippen LogP contribution in [-0.4, -0.2) is 10.2 Å². The Balaban J connectivity index is 1.71. The van der Waals surface area contributed by atoms with E-state index in [1.807, 2.05) is 24.3 Å². The molecule has 4 nitrogen and oxygen atoms in total. The Hall–Kier alpha value is -2.04. The number of benzene rings is 2. The van der Waals surface area contributed by atoms with Gasteiger partial charge in [0.25, 0.3) is 0 Å². The lowest BCUT2D eigenvalue weighted by atomic mass is 10.2. The molecule has 21 heavy (non-hydrogen) atoms. The lowest BCUT2D eigenvalue weighted by molar-refractivity contribution is 0.306. The van der Waals surface area contributed by atoms with E-state index in [2.05, 4.69) is 10.2 Å². The lowest BCUT2D eigenvalue weighted by Gasteiger charge is -2.09. The van der Waals surface area contributed by atoms with Crippen molar-refractivity contribution in [1.29, 1.82) is 0 Å². The fourth-order valence-corrected chi connectivity index (χ4v) is 2.32. The molecular weight excluding hydrogens is 311 g/mol. The molecule has 6 heteroatoms. The molecule has 0 fully saturated rings. The molecule has 0 atom stereocenters. The van der Waals surface area contributed by atoms with E-state index in [1.165, 1.54) is 6.39 Å². The molecule has 0 radical (unpaired) electrons. The van der Waals surface area contributed by atoms with Crippen molar-refractivity contribution in [2.75, 3.05) is 0 Å². The highest BCUT2D eigenvalue weighted by atomic mass is 35.5. The van der Waals surface area contributed by atoms with Crippen LogP contribution in [0.25, 0.3) is 11.5 Å². The third kappa shape index (κ3) is 3.17. The third-order valence-corrected chi connectivity index (χ3v) is 3.61. The number of nitrogens with zero attached hydrogens (tertiary/aromatic N) is 2. The van der Waals surface area contributed by atoms with Gasteiger partial charge in [0.2, 0.25) is 12.3 Å². The molecule has 0 N–H and O–H groups in total. The summed E-state index contributed by atoms with van der Waals surface area (Å²) in [7, 11) is 0. The fraction of sp³-hybridized carbons (Fsp3) is 0.0667. The monoisotopic (exact) mass is 320 g/mol. The molecule has 0 saturated heterocycles. The Labute approximate surface area is 131 Å². The van der Waals surface area contributed by atoms with Gasteiger partial charge in [-0.25, -0.2) is 0 Å². The molecule has 0 aliphatic heterocycles. The Bertz CT molecular complexity index is 708. The van der Waals surface area contributed by atoms with Gasteiger partial charge in [-0.15, -0.1) is 10.2 Å². The summed E-state index contributed by atoms with van der Waals surface area (Å²) in [5.41, 5.74) is 1.59. The van der Waals surface area contributed by atoms with Gasteiger partial charge in [-0.05, 0) is 36.4 Å². The molecule has 1 heterocycles. The number of hydrogen-bond donors (Lipinski definition) is 0. The molecule has 2 aromatic carbocycles. The predicted molar refractivity (Wildman–Crippen MR) is 80.5 cm³/mol. The minimum absolute atomic E-state index is 0.304. The van der Waals surface area contributed by atoms with Crippen LogP contribution in [-0.2, 0) is 6.61 Å². The van der Waals surface area contributed by atoms with Gasteiger partial charge >= 0.3 is 0 Å². The summed E-state index contributed by atoms with van der Waals surface area (Å²) in [5.74, 6) is 1.17. The maximum atomic E-state index is 6.10. The van der Waals surface area contributed by atoms with Crippen LogP contribution >= 0.6 is 23.2 Å². The van der Waals surface area contributed by atoms with Crippen LogP contribution in [0.4, 0.5) is 0 Å². The fourth-order valence-electron chi connectivity index (χ4n) is 1.82. The average molecular weight is 321 g/mol. The van der Waals surface area contributed by atoms with Crippen LogP contribution in [0, 0.1) is 0 Å². The quantitative estimate of drug-likeness (QED) is 0.703. The summed E-state index contributed by atoms with van der Waals surface area (Å²) in [6, 6.07) is 12.7. The molecule has 106 valence electrons. The molecule has 0 amide bonds. The van der Waals surface area contributed by atoms with Gasteiger partial charge in [-0.2, -0.15) is 0 Å². The molecule has 1 aromatic heterocycles. The summed E-state index contributed by atoms with van der Waals surface area (Å²) in [4.78, 5) is 0. The molecule has 0 aliphatic rings. The molecule has 0 unspecified atom stereocenters. The highest BCUT2D eigenvalue weighted by molar-refractivity contribution is 6.35. The van der Waals surface area contributed by atoms with Crippen molar-refractivity contribution in [3.05, 3.63) is 64.5 Å². The summed E-state index contributed by atoms with van der Waals surface area (Å²) < 4.78 is 10.8. The average Bonchev–Trinajstić information content (AvgIpc) is 3.02. The van der Waals surface area contributed by atoms with E-state index < -0.39 is 0 Å². The summed E-state index contributed by atoms with van der Waals surface area (Å²) in [5, 5.41) is 8.66.